The van der Waals surface area contributed by atoms with Crippen LogP contribution in [0.5, 0.6) is 5.75 Å². The van der Waals surface area contributed by atoms with Crippen molar-refractivity contribution in [3.05, 3.63) is 58.9 Å². The van der Waals surface area contributed by atoms with Gasteiger partial charge in [0.25, 0.3) is 0 Å². The normalized spacial score (nSPS) is 10.5. The maximum atomic E-state index is 12.2. The van der Waals surface area contributed by atoms with Crippen LogP contribution in [0, 0.1) is 0 Å². The molecule has 0 aliphatic heterocycles. The SMILES string of the molecule is COC(=O)c1cccc(NC(=O)CCc2nc(-c3ccc(Cl)cc3)no2)c1O. The number of nitrogens with zero attached hydrogens (tertiary/aromatic N) is 2. The number of amides is 1. The van der Waals surface area contributed by atoms with Crippen molar-refractivity contribution in [2.24, 2.45) is 0 Å². The second-order valence-electron chi connectivity index (χ2n) is 5.76. The number of methoxy groups -OCH3 is 1. The van der Waals surface area contributed by atoms with Gasteiger partial charge in [-0.2, -0.15) is 4.98 Å². The first-order chi connectivity index (χ1) is 13.5. The number of phenolic OH excluding ortho intramolecular Hbond substituents is 1. The lowest BCUT2D eigenvalue weighted by Crippen LogP contribution is -2.13. The standard InChI is InChI=1S/C19H16ClN3O5/c1-27-19(26)13-3-2-4-14(17(13)25)21-15(24)9-10-16-22-18(23-28-16)11-5-7-12(20)8-6-11/h2-8,25H,9-10H2,1H3,(H,21,24). The first-order valence-corrected chi connectivity index (χ1v) is 8.64. The van der Waals surface area contributed by atoms with E-state index in [1.165, 1.54) is 25.3 Å². The van der Waals surface area contributed by atoms with E-state index >= 15 is 0 Å². The van der Waals surface area contributed by atoms with E-state index in [1.807, 2.05) is 0 Å². The van der Waals surface area contributed by atoms with Gasteiger partial charge in [0.2, 0.25) is 17.6 Å². The lowest BCUT2D eigenvalue weighted by Gasteiger charge is -2.09. The highest BCUT2D eigenvalue weighted by Gasteiger charge is 2.16. The maximum Gasteiger partial charge on any atom is 0.341 e. The summed E-state index contributed by atoms with van der Waals surface area (Å²) in [6.07, 6.45) is 0.258. The van der Waals surface area contributed by atoms with E-state index in [9.17, 15) is 14.7 Å². The third kappa shape index (κ3) is 4.47. The molecule has 0 atom stereocenters. The smallest absolute Gasteiger partial charge is 0.341 e. The summed E-state index contributed by atoms with van der Waals surface area (Å²) in [5.41, 5.74) is 0.818. The largest absolute Gasteiger partial charge is 0.505 e. The highest BCUT2D eigenvalue weighted by Crippen LogP contribution is 2.28. The van der Waals surface area contributed by atoms with E-state index in [0.29, 0.717) is 16.7 Å². The third-order valence-corrected chi connectivity index (χ3v) is 4.10. The molecule has 28 heavy (non-hydrogen) atoms. The molecule has 0 aliphatic rings. The average Bonchev–Trinajstić information content (AvgIpc) is 3.17. The Hall–Kier alpha value is -3.39. The number of esters is 1. The van der Waals surface area contributed by atoms with Crippen LogP contribution in [0.3, 0.4) is 0 Å². The van der Waals surface area contributed by atoms with Crippen LogP contribution < -0.4 is 5.32 Å². The molecular weight excluding hydrogens is 386 g/mol. The van der Waals surface area contributed by atoms with Gasteiger partial charge < -0.3 is 19.7 Å². The van der Waals surface area contributed by atoms with Crippen LogP contribution in [0.15, 0.2) is 47.0 Å². The lowest BCUT2D eigenvalue weighted by molar-refractivity contribution is -0.116. The molecule has 0 unspecified atom stereocenters. The van der Waals surface area contributed by atoms with Crippen molar-refractivity contribution in [2.75, 3.05) is 12.4 Å². The zero-order valence-corrected chi connectivity index (χ0v) is 15.6. The monoisotopic (exact) mass is 401 g/mol. The summed E-state index contributed by atoms with van der Waals surface area (Å²) in [6.45, 7) is 0. The maximum absolute atomic E-state index is 12.2. The summed E-state index contributed by atoms with van der Waals surface area (Å²) in [5.74, 6) is -0.744. The van der Waals surface area contributed by atoms with Crippen molar-refractivity contribution in [1.82, 2.24) is 10.1 Å². The lowest BCUT2D eigenvalue weighted by atomic mass is 10.1. The van der Waals surface area contributed by atoms with Crippen LogP contribution in [0.4, 0.5) is 5.69 Å². The zero-order chi connectivity index (χ0) is 20.1. The molecule has 0 aliphatic carbocycles. The van der Waals surface area contributed by atoms with Gasteiger partial charge in [-0.15, -0.1) is 0 Å². The molecule has 2 N–H and O–H groups in total. The Morgan fingerprint density at radius 2 is 1.96 bits per heavy atom. The first kappa shape index (κ1) is 19.4. The second kappa shape index (κ2) is 8.53. The Morgan fingerprint density at radius 3 is 2.68 bits per heavy atom. The van der Waals surface area contributed by atoms with Gasteiger partial charge in [0.15, 0.2) is 5.75 Å². The number of benzene rings is 2. The molecule has 0 saturated heterocycles. The van der Waals surface area contributed by atoms with Gasteiger partial charge in [-0.1, -0.05) is 22.8 Å². The Morgan fingerprint density at radius 1 is 1.21 bits per heavy atom. The molecule has 0 spiro atoms. The number of anilines is 1. The van der Waals surface area contributed by atoms with Gasteiger partial charge in [-0.3, -0.25) is 4.79 Å². The Balaban J connectivity index is 1.61. The molecule has 1 heterocycles. The number of para-hydroxylation sites is 1. The van der Waals surface area contributed by atoms with E-state index in [4.69, 9.17) is 16.1 Å². The Bertz CT molecular complexity index is 1000. The molecule has 0 bridgehead atoms. The minimum Gasteiger partial charge on any atom is -0.505 e. The molecule has 1 amide bonds. The summed E-state index contributed by atoms with van der Waals surface area (Å²) in [5, 5.41) is 17.1. The number of aromatic nitrogens is 2. The number of rotatable bonds is 6. The van der Waals surface area contributed by atoms with Crippen molar-refractivity contribution in [3.8, 4) is 17.1 Å². The number of carbonyl (C=O) groups excluding carboxylic acids is 2. The summed E-state index contributed by atoms with van der Waals surface area (Å²) in [6, 6.07) is 11.4. The first-order valence-electron chi connectivity index (χ1n) is 8.26. The molecule has 0 fully saturated rings. The average molecular weight is 402 g/mol. The van der Waals surface area contributed by atoms with Crippen LogP contribution in [0.25, 0.3) is 11.4 Å². The van der Waals surface area contributed by atoms with Gasteiger partial charge in [-0.25, -0.2) is 4.79 Å². The number of hydrogen-bond donors (Lipinski definition) is 2. The molecule has 144 valence electrons. The van der Waals surface area contributed by atoms with Gasteiger partial charge in [-0.05, 0) is 36.4 Å². The van der Waals surface area contributed by atoms with E-state index < -0.39 is 5.97 Å². The summed E-state index contributed by atoms with van der Waals surface area (Å²) in [4.78, 5) is 28.0. The van der Waals surface area contributed by atoms with Gasteiger partial charge in [0.1, 0.15) is 5.56 Å². The van der Waals surface area contributed by atoms with Crippen LogP contribution >= 0.6 is 11.6 Å². The van der Waals surface area contributed by atoms with E-state index in [0.717, 1.165) is 5.56 Å². The number of hydrogen-bond acceptors (Lipinski definition) is 7. The van der Waals surface area contributed by atoms with Crippen molar-refractivity contribution in [3.63, 3.8) is 0 Å². The highest BCUT2D eigenvalue weighted by molar-refractivity contribution is 6.30. The fourth-order valence-corrected chi connectivity index (χ4v) is 2.55. The topological polar surface area (TPSA) is 115 Å². The van der Waals surface area contributed by atoms with Crippen LogP contribution in [-0.2, 0) is 16.0 Å². The van der Waals surface area contributed by atoms with E-state index in [2.05, 4.69) is 20.2 Å². The molecule has 9 heteroatoms. The molecule has 0 saturated carbocycles. The number of aryl methyl sites for hydroxylation is 1. The van der Waals surface area contributed by atoms with E-state index in [1.54, 1.807) is 24.3 Å². The molecular formula is C19H16ClN3O5. The Labute approximate surface area is 165 Å². The second-order valence-corrected chi connectivity index (χ2v) is 6.20. The summed E-state index contributed by atoms with van der Waals surface area (Å²) < 4.78 is 9.74. The van der Waals surface area contributed by atoms with Crippen molar-refractivity contribution < 1.29 is 24.0 Å². The van der Waals surface area contributed by atoms with Crippen molar-refractivity contribution in [2.45, 2.75) is 12.8 Å². The fraction of sp³-hybridized carbons (Fsp3) is 0.158. The molecule has 8 nitrogen and oxygen atoms in total. The van der Waals surface area contributed by atoms with Crippen LogP contribution in [0.2, 0.25) is 5.02 Å². The summed E-state index contributed by atoms with van der Waals surface area (Å²) >= 11 is 5.85. The van der Waals surface area contributed by atoms with E-state index in [-0.39, 0.29) is 35.7 Å². The van der Waals surface area contributed by atoms with Crippen LogP contribution in [-0.4, -0.2) is 34.2 Å². The number of phenols is 1. The van der Waals surface area contributed by atoms with Gasteiger partial charge in [0.05, 0.1) is 12.8 Å². The molecule has 0 radical (unpaired) electrons. The number of carbonyl (C=O) groups is 2. The predicted octanol–water partition coefficient (Wildman–Crippen LogP) is 3.45. The fourth-order valence-electron chi connectivity index (χ4n) is 2.42. The minimum atomic E-state index is -0.700. The zero-order valence-electron chi connectivity index (χ0n) is 14.8. The van der Waals surface area contributed by atoms with Gasteiger partial charge >= 0.3 is 5.97 Å². The number of nitrogens with one attached hydrogen (secondary N) is 1. The van der Waals surface area contributed by atoms with Crippen LogP contribution in [0.1, 0.15) is 22.7 Å². The Kier molecular flexibility index (Phi) is 5.90. The summed E-state index contributed by atoms with van der Waals surface area (Å²) in [7, 11) is 1.20. The highest BCUT2D eigenvalue weighted by atomic mass is 35.5. The predicted molar refractivity (Wildman–Crippen MR) is 101 cm³/mol. The third-order valence-electron chi connectivity index (χ3n) is 3.85. The number of halogens is 1. The number of aromatic hydroxyl groups is 1. The molecule has 2 aromatic carbocycles. The molecule has 1 aromatic heterocycles. The van der Waals surface area contributed by atoms with Gasteiger partial charge in [0, 0.05) is 23.4 Å². The minimum absolute atomic E-state index is 0.0372. The number of ether oxygens (including phenoxy) is 1. The quantitative estimate of drug-likeness (QED) is 0.480. The van der Waals surface area contributed by atoms with Crippen molar-refractivity contribution >= 4 is 29.2 Å². The molecule has 3 rings (SSSR count). The molecule has 3 aromatic rings. The van der Waals surface area contributed by atoms with Crippen molar-refractivity contribution in [1.29, 1.82) is 0 Å².